The van der Waals surface area contributed by atoms with E-state index < -0.39 is 0 Å². The van der Waals surface area contributed by atoms with E-state index in [0.29, 0.717) is 0 Å². The third-order valence-electron chi connectivity index (χ3n) is 1.92. The molecular weight excluding hydrogens is 264 g/mol. The van der Waals surface area contributed by atoms with Crippen molar-refractivity contribution in [3.05, 3.63) is 45.0 Å². The van der Waals surface area contributed by atoms with Gasteiger partial charge in [-0.3, -0.25) is 5.84 Å². The average Bonchev–Trinajstić information content (AvgIpc) is 2.79. The highest BCUT2D eigenvalue weighted by Gasteiger charge is 2.15. The van der Waals surface area contributed by atoms with Gasteiger partial charge in [-0.05, 0) is 28.1 Å². The molecule has 0 fully saturated rings. The quantitative estimate of drug-likeness (QED) is 0.667. The van der Waals surface area contributed by atoms with Gasteiger partial charge in [0, 0.05) is 20.3 Å². The number of furan rings is 1. The van der Waals surface area contributed by atoms with Crippen molar-refractivity contribution < 1.29 is 4.42 Å². The molecule has 1 unspecified atom stereocenters. The van der Waals surface area contributed by atoms with Crippen molar-refractivity contribution in [1.82, 2.24) is 5.43 Å². The zero-order chi connectivity index (χ0) is 9.97. The van der Waals surface area contributed by atoms with E-state index in [2.05, 4.69) is 21.4 Å². The van der Waals surface area contributed by atoms with E-state index in [1.165, 1.54) is 0 Å². The first-order valence-corrected chi connectivity index (χ1v) is 5.70. The van der Waals surface area contributed by atoms with E-state index in [1.54, 1.807) is 23.9 Å². The van der Waals surface area contributed by atoms with E-state index in [9.17, 15) is 0 Å². The Morgan fingerprint density at radius 1 is 1.57 bits per heavy atom. The Morgan fingerprint density at radius 3 is 2.93 bits per heavy atom. The summed E-state index contributed by atoms with van der Waals surface area (Å²) in [6.45, 7) is 0. The smallest absolute Gasteiger partial charge is 0.0954 e. The van der Waals surface area contributed by atoms with Gasteiger partial charge in [-0.25, -0.2) is 5.43 Å². The number of thiophene rings is 1. The van der Waals surface area contributed by atoms with Crippen LogP contribution in [0.5, 0.6) is 0 Å². The molecule has 0 saturated heterocycles. The van der Waals surface area contributed by atoms with Crippen molar-refractivity contribution in [2.45, 2.75) is 6.04 Å². The highest BCUT2D eigenvalue weighted by Crippen LogP contribution is 2.29. The molecular formula is C9H9BrN2OS. The summed E-state index contributed by atoms with van der Waals surface area (Å²) in [6.07, 6.45) is 3.33. The van der Waals surface area contributed by atoms with E-state index in [1.807, 2.05) is 17.5 Å². The summed E-state index contributed by atoms with van der Waals surface area (Å²) >= 11 is 5.06. The molecule has 14 heavy (non-hydrogen) atoms. The van der Waals surface area contributed by atoms with Crippen LogP contribution >= 0.6 is 27.3 Å². The summed E-state index contributed by atoms with van der Waals surface area (Å²) in [5, 5.41) is 2.03. The van der Waals surface area contributed by atoms with Crippen molar-refractivity contribution in [2.75, 3.05) is 0 Å². The topological polar surface area (TPSA) is 51.2 Å². The van der Waals surface area contributed by atoms with Gasteiger partial charge in [-0.15, -0.1) is 11.3 Å². The van der Waals surface area contributed by atoms with Crippen molar-refractivity contribution in [3.63, 3.8) is 0 Å². The number of halogens is 1. The lowest BCUT2D eigenvalue weighted by Gasteiger charge is -2.11. The molecule has 0 aliphatic heterocycles. The van der Waals surface area contributed by atoms with Crippen molar-refractivity contribution >= 4 is 27.3 Å². The molecule has 0 saturated carbocycles. The molecule has 3 nitrogen and oxygen atoms in total. The van der Waals surface area contributed by atoms with Crippen molar-refractivity contribution in [3.8, 4) is 0 Å². The molecule has 0 aliphatic rings. The molecule has 0 amide bonds. The third kappa shape index (κ3) is 1.90. The van der Waals surface area contributed by atoms with Crippen LogP contribution in [-0.4, -0.2) is 0 Å². The Balaban J connectivity index is 2.31. The van der Waals surface area contributed by atoms with Gasteiger partial charge in [0.25, 0.3) is 0 Å². The Labute approximate surface area is 94.0 Å². The van der Waals surface area contributed by atoms with Gasteiger partial charge < -0.3 is 4.42 Å². The Morgan fingerprint density at radius 2 is 2.43 bits per heavy atom. The van der Waals surface area contributed by atoms with Gasteiger partial charge in [0.15, 0.2) is 0 Å². The van der Waals surface area contributed by atoms with Gasteiger partial charge >= 0.3 is 0 Å². The molecule has 0 aromatic carbocycles. The van der Waals surface area contributed by atoms with Crippen LogP contribution in [0.4, 0.5) is 0 Å². The Kier molecular flexibility index (Phi) is 3.02. The second kappa shape index (κ2) is 4.27. The van der Waals surface area contributed by atoms with E-state index in [0.717, 1.165) is 14.9 Å². The highest BCUT2D eigenvalue weighted by molar-refractivity contribution is 9.10. The van der Waals surface area contributed by atoms with Gasteiger partial charge in [0.2, 0.25) is 0 Å². The van der Waals surface area contributed by atoms with Crippen LogP contribution in [0.3, 0.4) is 0 Å². The lowest BCUT2D eigenvalue weighted by molar-refractivity contribution is 0.554. The van der Waals surface area contributed by atoms with Crippen LogP contribution in [0.1, 0.15) is 16.5 Å². The fourth-order valence-electron chi connectivity index (χ4n) is 1.26. The summed E-state index contributed by atoms with van der Waals surface area (Å²) in [5.74, 6) is 5.50. The molecule has 1 atom stereocenters. The molecule has 5 heteroatoms. The van der Waals surface area contributed by atoms with Crippen LogP contribution in [-0.2, 0) is 0 Å². The second-order valence-electron chi connectivity index (χ2n) is 2.82. The predicted octanol–water partition coefficient (Wildman–Crippen LogP) is 2.66. The molecule has 2 rings (SSSR count). The highest BCUT2D eigenvalue weighted by atomic mass is 79.9. The fourth-order valence-corrected chi connectivity index (χ4v) is 2.79. The lowest BCUT2D eigenvalue weighted by atomic mass is 10.1. The Hall–Kier alpha value is -0.620. The first kappa shape index (κ1) is 9.92. The molecule has 0 aliphatic carbocycles. The van der Waals surface area contributed by atoms with Crippen molar-refractivity contribution in [2.24, 2.45) is 5.84 Å². The van der Waals surface area contributed by atoms with Gasteiger partial charge in [-0.1, -0.05) is 0 Å². The maximum atomic E-state index is 5.50. The number of nitrogens with two attached hydrogens (primary N) is 1. The lowest BCUT2D eigenvalue weighted by Crippen LogP contribution is -2.27. The molecule has 74 valence electrons. The minimum absolute atomic E-state index is 0.00468. The van der Waals surface area contributed by atoms with E-state index in [-0.39, 0.29) is 6.04 Å². The van der Waals surface area contributed by atoms with Crippen LogP contribution < -0.4 is 11.3 Å². The SMILES string of the molecule is NNC(c1ccoc1)c1cc(Br)cs1. The number of hydrogen-bond donors (Lipinski definition) is 2. The van der Waals surface area contributed by atoms with Crippen LogP contribution in [0.2, 0.25) is 0 Å². The third-order valence-corrected chi connectivity index (χ3v) is 3.67. The molecule has 2 heterocycles. The number of nitrogens with one attached hydrogen (secondary N) is 1. The minimum Gasteiger partial charge on any atom is -0.472 e. The van der Waals surface area contributed by atoms with Gasteiger partial charge in [0.05, 0.1) is 18.6 Å². The number of rotatable bonds is 3. The maximum Gasteiger partial charge on any atom is 0.0954 e. The largest absolute Gasteiger partial charge is 0.472 e. The van der Waals surface area contributed by atoms with Crippen LogP contribution in [0.15, 0.2) is 38.9 Å². The van der Waals surface area contributed by atoms with Crippen molar-refractivity contribution in [1.29, 1.82) is 0 Å². The van der Waals surface area contributed by atoms with Gasteiger partial charge in [-0.2, -0.15) is 0 Å². The van der Waals surface area contributed by atoms with Gasteiger partial charge in [0.1, 0.15) is 0 Å². The normalized spacial score (nSPS) is 13.0. The number of hydrogen-bond acceptors (Lipinski definition) is 4. The maximum absolute atomic E-state index is 5.50. The summed E-state index contributed by atoms with van der Waals surface area (Å²) in [4.78, 5) is 1.15. The monoisotopic (exact) mass is 272 g/mol. The molecule has 3 N–H and O–H groups in total. The first-order chi connectivity index (χ1) is 6.81. The second-order valence-corrected chi connectivity index (χ2v) is 4.68. The summed E-state index contributed by atoms with van der Waals surface area (Å²) in [7, 11) is 0. The number of hydrazine groups is 1. The summed E-state index contributed by atoms with van der Waals surface area (Å²) in [6, 6.07) is 3.95. The van der Waals surface area contributed by atoms with Crippen LogP contribution in [0, 0.1) is 0 Å². The van der Waals surface area contributed by atoms with E-state index >= 15 is 0 Å². The standard InChI is InChI=1S/C9H9BrN2OS/c10-7-3-8(14-5-7)9(12-11)6-1-2-13-4-6/h1-5,9,12H,11H2. The zero-order valence-electron chi connectivity index (χ0n) is 7.24. The molecule has 2 aromatic heterocycles. The summed E-state index contributed by atoms with van der Waals surface area (Å²) in [5.41, 5.74) is 3.79. The minimum atomic E-state index is 0.00468. The molecule has 0 bridgehead atoms. The Bertz CT molecular complexity index is 399. The fraction of sp³-hybridized carbons (Fsp3) is 0.111. The molecule has 0 radical (unpaired) electrons. The zero-order valence-corrected chi connectivity index (χ0v) is 9.64. The predicted molar refractivity (Wildman–Crippen MR) is 59.9 cm³/mol. The van der Waals surface area contributed by atoms with E-state index in [4.69, 9.17) is 10.3 Å². The summed E-state index contributed by atoms with van der Waals surface area (Å²) < 4.78 is 6.09. The molecule has 0 spiro atoms. The first-order valence-electron chi connectivity index (χ1n) is 4.03. The van der Waals surface area contributed by atoms with Crippen LogP contribution in [0.25, 0.3) is 0 Å². The molecule has 2 aromatic rings. The average molecular weight is 273 g/mol.